The number of nitrogens with zero attached hydrogens (tertiary/aromatic N) is 1. The summed E-state index contributed by atoms with van der Waals surface area (Å²) in [6, 6.07) is 7.32. The van der Waals surface area contributed by atoms with Crippen LogP contribution in [0.25, 0.3) is 0 Å². The first-order valence-electron chi connectivity index (χ1n) is 8.52. The lowest BCUT2D eigenvalue weighted by Crippen LogP contribution is -2.52. The average molecular weight is 333 g/mol. The molecule has 0 radical (unpaired) electrons. The maximum Gasteiger partial charge on any atom is 0.225 e. The minimum absolute atomic E-state index is 0.0500. The van der Waals surface area contributed by atoms with E-state index in [9.17, 15) is 9.59 Å². The Morgan fingerprint density at radius 2 is 2.17 bits per heavy atom. The minimum Gasteiger partial charge on any atom is -0.494 e. The highest BCUT2D eigenvalue weighted by Crippen LogP contribution is 2.28. The predicted octanol–water partition coefficient (Wildman–Crippen LogP) is 1.47. The third kappa shape index (κ3) is 4.71. The number of hydrogen-bond donors (Lipinski definition) is 2. The van der Waals surface area contributed by atoms with Crippen molar-refractivity contribution in [2.24, 2.45) is 0 Å². The molecule has 1 aromatic rings. The Hall–Kier alpha value is -2.08. The third-order valence-electron chi connectivity index (χ3n) is 4.17. The molecule has 1 aromatic carbocycles. The van der Waals surface area contributed by atoms with E-state index in [1.54, 1.807) is 0 Å². The molecule has 6 nitrogen and oxygen atoms in total. The van der Waals surface area contributed by atoms with E-state index >= 15 is 0 Å². The Morgan fingerprint density at radius 3 is 2.83 bits per heavy atom. The van der Waals surface area contributed by atoms with Gasteiger partial charge >= 0.3 is 0 Å². The number of nitrogens with one attached hydrogen (secondary N) is 2. The van der Waals surface area contributed by atoms with Gasteiger partial charge in [-0.2, -0.15) is 0 Å². The van der Waals surface area contributed by atoms with Crippen LogP contribution in [-0.4, -0.2) is 49.0 Å². The summed E-state index contributed by atoms with van der Waals surface area (Å²) in [5.74, 6) is 0.599. The van der Waals surface area contributed by atoms with Crippen LogP contribution >= 0.6 is 0 Å². The Kier molecular flexibility index (Phi) is 6.61. The van der Waals surface area contributed by atoms with Crippen LogP contribution in [0.4, 0.5) is 0 Å². The highest BCUT2D eigenvalue weighted by molar-refractivity contribution is 5.79. The van der Waals surface area contributed by atoms with Gasteiger partial charge in [0.05, 0.1) is 19.1 Å². The fourth-order valence-corrected chi connectivity index (χ4v) is 3.04. The first kappa shape index (κ1) is 18.3. The topological polar surface area (TPSA) is 70.7 Å². The summed E-state index contributed by atoms with van der Waals surface area (Å²) in [6.45, 7) is 8.24. The van der Waals surface area contributed by atoms with Crippen LogP contribution in [0.1, 0.15) is 38.8 Å². The summed E-state index contributed by atoms with van der Waals surface area (Å²) in [7, 11) is 0. The Balaban J connectivity index is 2.19. The number of carbonyl (C=O) groups is 2. The maximum absolute atomic E-state index is 12.7. The second kappa shape index (κ2) is 8.68. The van der Waals surface area contributed by atoms with E-state index in [4.69, 9.17) is 4.74 Å². The molecule has 1 saturated heterocycles. The summed E-state index contributed by atoms with van der Waals surface area (Å²) in [4.78, 5) is 26.3. The molecule has 1 aliphatic heterocycles. The second-order valence-corrected chi connectivity index (χ2v) is 6.07. The van der Waals surface area contributed by atoms with Gasteiger partial charge in [0.15, 0.2) is 0 Å². The number of ether oxygens (including phenoxy) is 1. The van der Waals surface area contributed by atoms with Gasteiger partial charge in [-0.1, -0.05) is 18.2 Å². The molecule has 0 saturated carbocycles. The summed E-state index contributed by atoms with van der Waals surface area (Å²) in [6.07, 6.45) is 0.230. The van der Waals surface area contributed by atoms with Crippen molar-refractivity contribution in [1.29, 1.82) is 0 Å². The number of rotatable bonds is 6. The molecule has 1 heterocycles. The van der Waals surface area contributed by atoms with E-state index in [-0.39, 0.29) is 30.3 Å². The highest BCUT2D eigenvalue weighted by atomic mass is 16.5. The molecule has 1 aliphatic rings. The molecule has 2 atom stereocenters. The Bertz CT molecular complexity index is 576. The van der Waals surface area contributed by atoms with Crippen LogP contribution in [0.3, 0.4) is 0 Å². The molecule has 1 fully saturated rings. The Labute approximate surface area is 143 Å². The second-order valence-electron chi connectivity index (χ2n) is 6.07. The van der Waals surface area contributed by atoms with Gasteiger partial charge in [-0.25, -0.2) is 0 Å². The van der Waals surface area contributed by atoms with Crippen LogP contribution in [0.2, 0.25) is 0 Å². The van der Waals surface area contributed by atoms with E-state index in [0.717, 1.165) is 18.7 Å². The lowest BCUT2D eigenvalue weighted by atomic mass is 10.0. The molecule has 24 heavy (non-hydrogen) atoms. The van der Waals surface area contributed by atoms with E-state index < -0.39 is 0 Å². The van der Waals surface area contributed by atoms with Gasteiger partial charge in [0.25, 0.3) is 0 Å². The Morgan fingerprint density at radius 1 is 1.42 bits per heavy atom. The summed E-state index contributed by atoms with van der Waals surface area (Å²) < 4.78 is 5.66. The lowest BCUT2D eigenvalue weighted by Gasteiger charge is -2.35. The van der Waals surface area contributed by atoms with Crippen LogP contribution < -0.4 is 15.4 Å². The number of amides is 2. The normalized spacial score (nSPS) is 18.8. The number of carbonyl (C=O) groups excluding carboxylic acids is 2. The molecule has 2 amide bonds. The van der Waals surface area contributed by atoms with Gasteiger partial charge < -0.3 is 20.3 Å². The standard InChI is InChI=1S/C18H27N3O3/c1-4-24-17-8-6-5-7-15(17)16(20-14(3)22)11-18(23)21-10-9-19-12-13(21)2/h5-8,13,16,19H,4,9-12H2,1-3H3,(H,20,22). The molecule has 0 aromatic heterocycles. The molecular weight excluding hydrogens is 306 g/mol. The first-order chi connectivity index (χ1) is 11.5. The molecule has 132 valence electrons. The van der Waals surface area contributed by atoms with Crippen molar-refractivity contribution in [2.45, 2.75) is 39.3 Å². The van der Waals surface area contributed by atoms with Crippen LogP contribution in [0, 0.1) is 0 Å². The van der Waals surface area contributed by atoms with Crippen LogP contribution in [-0.2, 0) is 9.59 Å². The fraction of sp³-hybridized carbons (Fsp3) is 0.556. The van der Waals surface area contributed by atoms with Gasteiger partial charge in [-0.15, -0.1) is 0 Å². The number of piperazine rings is 1. The van der Waals surface area contributed by atoms with Gasteiger partial charge in [0.1, 0.15) is 5.75 Å². The highest BCUT2D eigenvalue weighted by Gasteiger charge is 2.27. The zero-order valence-corrected chi connectivity index (χ0v) is 14.7. The van der Waals surface area contributed by atoms with Crippen molar-refractivity contribution in [1.82, 2.24) is 15.5 Å². The molecule has 2 N–H and O–H groups in total. The largest absolute Gasteiger partial charge is 0.494 e. The van der Waals surface area contributed by atoms with Crippen LogP contribution in [0.5, 0.6) is 5.75 Å². The molecule has 0 bridgehead atoms. The van der Waals surface area contributed by atoms with Crippen molar-refractivity contribution in [2.75, 3.05) is 26.2 Å². The molecular formula is C18H27N3O3. The zero-order chi connectivity index (χ0) is 17.5. The SMILES string of the molecule is CCOc1ccccc1C(CC(=O)N1CCNCC1C)NC(C)=O. The summed E-state index contributed by atoms with van der Waals surface area (Å²) in [5.41, 5.74) is 0.839. The number of para-hydroxylation sites is 1. The van der Waals surface area contributed by atoms with E-state index in [0.29, 0.717) is 18.9 Å². The van der Waals surface area contributed by atoms with Gasteiger partial charge in [-0.05, 0) is 19.9 Å². The van der Waals surface area contributed by atoms with E-state index in [2.05, 4.69) is 10.6 Å². The molecule has 2 unspecified atom stereocenters. The van der Waals surface area contributed by atoms with Crippen molar-refractivity contribution in [3.63, 3.8) is 0 Å². The lowest BCUT2D eigenvalue weighted by molar-refractivity contribution is -0.134. The average Bonchev–Trinajstić information content (AvgIpc) is 2.55. The smallest absolute Gasteiger partial charge is 0.225 e. The monoisotopic (exact) mass is 333 g/mol. The summed E-state index contributed by atoms with van der Waals surface area (Å²) >= 11 is 0. The van der Waals surface area contributed by atoms with E-state index in [1.807, 2.05) is 43.0 Å². The third-order valence-corrected chi connectivity index (χ3v) is 4.17. The number of hydrogen-bond acceptors (Lipinski definition) is 4. The molecule has 0 aliphatic carbocycles. The van der Waals surface area contributed by atoms with Crippen molar-refractivity contribution >= 4 is 11.8 Å². The van der Waals surface area contributed by atoms with Crippen molar-refractivity contribution in [3.8, 4) is 5.75 Å². The van der Waals surface area contributed by atoms with Gasteiger partial charge in [0.2, 0.25) is 11.8 Å². The number of benzene rings is 1. The first-order valence-corrected chi connectivity index (χ1v) is 8.52. The van der Waals surface area contributed by atoms with Crippen molar-refractivity contribution in [3.05, 3.63) is 29.8 Å². The zero-order valence-electron chi connectivity index (χ0n) is 14.7. The van der Waals surface area contributed by atoms with Crippen LogP contribution in [0.15, 0.2) is 24.3 Å². The van der Waals surface area contributed by atoms with Crippen molar-refractivity contribution < 1.29 is 14.3 Å². The van der Waals surface area contributed by atoms with Gasteiger partial charge in [-0.3, -0.25) is 9.59 Å². The molecule has 0 spiro atoms. The molecule has 2 rings (SSSR count). The fourth-order valence-electron chi connectivity index (χ4n) is 3.04. The maximum atomic E-state index is 12.7. The summed E-state index contributed by atoms with van der Waals surface area (Å²) in [5, 5.41) is 6.18. The predicted molar refractivity (Wildman–Crippen MR) is 92.8 cm³/mol. The minimum atomic E-state index is -0.389. The van der Waals surface area contributed by atoms with E-state index in [1.165, 1.54) is 6.92 Å². The molecule has 6 heteroatoms. The quantitative estimate of drug-likeness (QED) is 0.827. The van der Waals surface area contributed by atoms with Gasteiger partial charge in [0, 0.05) is 38.2 Å².